The van der Waals surface area contributed by atoms with Crippen molar-refractivity contribution in [3.05, 3.63) is 59.9 Å². The van der Waals surface area contributed by atoms with Crippen molar-refractivity contribution in [1.29, 1.82) is 0 Å². The summed E-state index contributed by atoms with van der Waals surface area (Å²) in [6.07, 6.45) is 5.25. The van der Waals surface area contributed by atoms with Crippen molar-refractivity contribution < 1.29 is 0 Å². The minimum Gasteiger partial charge on any atom is -0.279 e. The van der Waals surface area contributed by atoms with Gasteiger partial charge in [-0.1, -0.05) is 31.5 Å². The Morgan fingerprint density at radius 2 is 1.61 bits per heavy atom. The molecule has 1 N–H and O–H groups in total. The number of nitrogens with zero attached hydrogens (tertiary/aromatic N) is 2. The van der Waals surface area contributed by atoms with Crippen LogP contribution in [0.3, 0.4) is 0 Å². The summed E-state index contributed by atoms with van der Waals surface area (Å²) in [6.45, 7) is 6.06. The van der Waals surface area contributed by atoms with Gasteiger partial charge >= 0.3 is 0 Å². The number of hydrogen-bond acceptors (Lipinski definition) is 3. The number of aromatic nitrogens is 1. The molecule has 0 spiro atoms. The second-order valence-electron chi connectivity index (χ2n) is 3.52. The third-order valence-electron chi connectivity index (χ3n) is 2.16. The van der Waals surface area contributed by atoms with Crippen LogP contribution in [0.15, 0.2) is 53.9 Å². The fourth-order valence-corrected chi connectivity index (χ4v) is 1.26. The summed E-state index contributed by atoms with van der Waals surface area (Å²) in [4.78, 5) is 3.94. The van der Waals surface area contributed by atoms with E-state index in [1.807, 2.05) is 50.2 Å². The van der Waals surface area contributed by atoms with Gasteiger partial charge in [-0.25, -0.2) is 0 Å². The number of nitrogens with one attached hydrogen (secondary N) is 1. The number of hydrogen-bond donors (Lipinski definition) is 1. The van der Waals surface area contributed by atoms with E-state index in [0.717, 1.165) is 11.3 Å². The van der Waals surface area contributed by atoms with Crippen LogP contribution >= 0.6 is 0 Å². The van der Waals surface area contributed by atoms with Gasteiger partial charge in [0.2, 0.25) is 0 Å². The highest BCUT2D eigenvalue weighted by atomic mass is 15.3. The molecule has 0 aliphatic heterocycles. The van der Waals surface area contributed by atoms with Crippen LogP contribution in [0.2, 0.25) is 0 Å². The summed E-state index contributed by atoms with van der Waals surface area (Å²) in [5.74, 6) is 0. The highest BCUT2D eigenvalue weighted by Crippen LogP contribution is 2.08. The van der Waals surface area contributed by atoms with Gasteiger partial charge in [0.15, 0.2) is 0 Å². The molecule has 3 heteroatoms. The topological polar surface area (TPSA) is 37.3 Å². The molecule has 1 heterocycles. The monoisotopic (exact) mass is 241 g/mol. The van der Waals surface area contributed by atoms with Gasteiger partial charge < -0.3 is 0 Å². The molecule has 2 aromatic rings. The van der Waals surface area contributed by atoms with Crippen molar-refractivity contribution in [2.45, 2.75) is 20.8 Å². The standard InChI is InChI=1S/C13H13N3.C2H6/c1-11-2-4-13(5-3-11)16-15-10-12-6-8-14-9-7-12;1-2/h2-10,16H,1H3;1-2H3/b15-10+;. The first-order chi connectivity index (χ1) is 8.84. The van der Waals surface area contributed by atoms with Gasteiger partial charge in [0, 0.05) is 12.4 Å². The average Bonchev–Trinajstić information content (AvgIpc) is 2.44. The lowest BCUT2D eigenvalue weighted by molar-refractivity contribution is 1.31. The van der Waals surface area contributed by atoms with E-state index in [2.05, 4.69) is 22.4 Å². The third kappa shape index (κ3) is 4.78. The van der Waals surface area contributed by atoms with Gasteiger partial charge in [0.05, 0.1) is 11.9 Å². The Kier molecular flexibility index (Phi) is 6.19. The van der Waals surface area contributed by atoms with E-state index in [0.29, 0.717) is 0 Å². The van der Waals surface area contributed by atoms with E-state index in [1.54, 1.807) is 18.6 Å². The lowest BCUT2D eigenvalue weighted by atomic mass is 10.2. The van der Waals surface area contributed by atoms with Gasteiger partial charge in [-0.3, -0.25) is 10.4 Å². The molecular formula is C15H19N3. The number of hydrazone groups is 1. The molecule has 0 aliphatic carbocycles. The van der Waals surface area contributed by atoms with Crippen LogP contribution in [-0.4, -0.2) is 11.2 Å². The van der Waals surface area contributed by atoms with Gasteiger partial charge in [-0.05, 0) is 36.8 Å². The van der Waals surface area contributed by atoms with E-state index < -0.39 is 0 Å². The highest BCUT2D eigenvalue weighted by Gasteiger charge is 1.88. The number of pyridine rings is 1. The van der Waals surface area contributed by atoms with E-state index in [-0.39, 0.29) is 0 Å². The molecule has 0 saturated carbocycles. The first-order valence-electron chi connectivity index (χ1n) is 6.10. The van der Waals surface area contributed by atoms with Crippen LogP contribution < -0.4 is 5.43 Å². The van der Waals surface area contributed by atoms with Crippen molar-refractivity contribution >= 4 is 11.9 Å². The molecule has 0 aliphatic rings. The van der Waals surface area contributed by atoms with Crippen LogP contribution in [0, 0.1) is 6.92 Å². The van der Waals surface area contributed by atoms with Gasteiger partial charge in [-0.15, -0.1) is 0 Å². The van der Waals surface area contributed by atoms with E-state index in [4.69, 9.17) is 0 Å². The summed E-state index contributed by atoms with van der Waals surface area (Å²) < 4.78 is 0. The number of anilines is 1. The minimum atomic E-state index is 0.982. The Morgan fingerprint density at radius 3 is 2.22 bits per heavy atom. The van der Waals surface area contributed by atoms with Gasteiger partial charge in [0.25, 0.3) is 0 Å². The van der Waals surface area contributed by atoms with Crippen molar-refractivity contribution in [3.63, 3.8) is 0 Å². The largest absolute Gasteiger partial charge is 0.279 e. The summed E-state index contributed by atoms with van der Waals surface area (Å²) in [5, 5.41) is 4.14. The number of rotatable bonds is 3. The van der Waals surface area contributed by atoms with Crippen LogP contribution in [-0.2, 0) is 0 Å². The number of benzene rings is 1. The molecule has 0 saturated heterocycles. The maximum absolute atomic E-state index is 4.14. The zero-order chi connectivity index (χ0) is 13.2. The molecule has 0 amide bonds. The molecule has 1 aromatic carbocycles. The summed E-state index contributed by atoms with van der Waals surface area (Å²) in [7, 11) is 0. The van der Waals surface area contributed by atoms with Crippen LogP contribution in [0.1, 0.15) is 25.0 Å². The lowest BCUT2D eigenvalue weighted by Gasteiger charge is -1.99. The number of aryl methyl sites for hydroxylation is 1. The lowest BCUT2D eigenvalue weighted by Crippen LogP contribution is -1.90. The Bertz CT molecular complexity index is 461. The minimum absolute atomic E-state index is 0.982. The zero-order valence-electron chi connectivity index (χ0n) is 11.1. The Hall–Kier alpha value is -2.16. The Balaban J connectivity index is 0.000000771. The molecule has 0 fully saturated rings. The molecular weight excluding hydrogens is 222 g/mol. The third-order valence-corrected chi connectivity index (χ3v) is 2.16. The molecule has 0 bridgehead atoms. The fourth-order valence-electron chi connectivity index (χ4n) is 1.26. The van der Waals surface area contributed by atoms with Crippen LogP contribution in [0.25, 0.3) is 0 Å². The fraction of sp³-hybridized carbons (Fsp3) is 0.200. The van der Waals surface area contributed by atoms with Crippen LogP contribution in [0.5, 0.6) is 0 Å². The Labute approximate surface area is 109 Å². The van der Waals surface area contributed by atoms with Gasteiger partial charge in [0.1, 0.15) is 0 Å². The van der Waals surface area contributed by atoms with Crippen molar-refractivity contribution in [2.75, 3.05) is 5.43 Å². The first kappa shape index (κ1) is 13.9. The molecule has 0 unspecified atom stereocenters. The maximum Gasteiger partial charge on any atom is 0.0561 e. The first-order valence-corrected chi connectivity index (χ1v) is 6.10. The molecule has 1 aromatic heterocycles. The van der Waals surface area contributed by atoms with Gasteiger partial charge in [-0.2, -0.15) is 5.10 Å². The second kappa shape index (κ2) is 8.01. The Morgan fingerprint density at radius 1 is 1.00 bits per heavy atom. The van der Waals surface area contributed by atoms with Crippen LogP contribution in [0.4, 0.5) is 5.69 Å². The molecule has 0 radical (unpaired) electrons. The summed E-state index contributed by atoms with van der Waals surface area (Å²) >= 11 is 0. The highest BCUT2D eigenvalue weighted by molar-refractivity contribution is 5.79. The zero-order valence-corrected chi connectivity index (χ0v) is 11.1. The maximum atomic E-state index is 4.14. The molecule has 0 atom stereocenters. The molecule has 18 heavy (non-hydrogen) atoms. The normalized spacial score (nSPS) is 9.72. The van der Waals surface area contributed by atoms with E-state index >= 15 is 0 Å². The van der Waals surface area contributed by atoms with E-state index in [9.17, 15) is 0 Å². The summed E-state index contributed by atoms with van der Waals surface area (Å²) in [5.41, 5.74) is 6.21. The SMILES string of the molecule is CC.Cc1ccc(N/N=C/c2ccncc2)cc1. The quantitative estimate of drug-likeness (QED) is 0.654. The van der Waals surface area contributed by atoms with Crippen molar-refractivity contribution in [1.82, 2.24) is 4.98 Å². The average molecular weight is 241 g/mol. The predicted molar refractivity (Wildman–Crippen MR) is 78.0 cm³/mol. The van der Waals surface area contributed by atoms with Crippen molar-refractivity contribution in [2.24, 2.45) is 5.10 Å². The molecule has 94 valence electrons. The molecule has 2 rings (SSSR count). The van der Waals surface area contributed by atoms with Crippen molar-refractivity contribution in [3.8, 4) is 0 Å². The smallest absolute Gasteiger partial charge is 0.0561 e. The molecule has 3 nitrogen and oxygen atoms in total. The summed E-state index contributed by atoms with van der Waals surface area (Å²) in [6, 6.07) is 11.9. The predicted octanol–water partition coefficient (Wildman–Crippen LogP) is 3.86. The van der Waals surface area contributed by atoms with E-state index in [1.165, 1.54) is 5.56 Å². The second-order valence-corrected chi connectivity index (χ2v) is 3.52.